The van der Waals surface area contributed by atoms with Crippen molar-refractivity contribution >= 4 is 17.5 Å². The monoisotopic (exact) mass is 395 g/mol. The van der Waals surface area contributed by atoms with Crippen LogP contribution >= 0.6 is 11.6 Å². The third-order valence-electron chi connectivity index (χ3n) is 4.26. The van der Waals surface area contributed by atoms with E-state index in [2.05, 4.69) is 0 Å². The standard InChI is InChI=1S/C20H20ClF2NO3/c1-12-9-24(10-13(2)27-12)20(25)11-26-17-6-15(5-16(21)8-17)14-3-4-18(22)19(23)7-14/h3-8,12-13H,9-11H2,1-2H3/t12-,13+. The van der Waals surface area contributed by atoms with Gasteiger partial charge in [0.15, 0.2) is 18.2 Å². The number of morpholine rings is 1. The van der Waals surface area contributed by atoms with Crippen LogP contribution in [0.2, 0.25) is 5.02 Å². The maximum absolute atomic E-state index is 13.5. The van der Waals surface area contributed by atoms with Crippen LogP contribution in [0, 0.1) is 11.6 Å². The Labute approximate surface area is 161 Å². The number of benzene rings is 2. The fourth-order valence-corrected chi connectivity index (χ4v) is 3.33. The second kappa shape index (κ2) is 8.23. The molecule has 1 amide bonds. The average molecular weight is 396 g/mol. The fourth-order valence-electron chi connectivity index (χ4n) is 3.11. The van der Waals surface area contributed by atoms with Gasteiger partial charge in [-0.15, -0.1) is 0 Å². The van der Waals surface area contributed by atoms with E-state index >= 15 is 0 Å². The number of carbonyl (C=O) groups excluding carboxylic acids is 1. The molecule has 0 aromatic heterocycles. The molecule has 3 rings (SSSR count). The average Bonchev–Trinajstić information content (AvgIpc) is 2.60. The predicted octanol–water partition coefficient (Wildman–Crippen LogP) is 4.30. The highest BCUT2D eigenvalue weighted by atomic mass is 35.5. The molecule has 1 aliphatic rings. The number of halogens is 3. The molecular formula is C20H20ClF2NO3. The van der Waals surface area contributed by atoms with Crippen LogP contribution in [0.5, 0.6) is 5.75 Å². The third-order valence-corrected chi connectivity index (χ3v) is 4.48. The van der Waals surface area contributed by atoms with Crippen molar-refractivity contribution in [2.75, 3.05) is 19.7 Å². The quantitative estimate of drug-likeness (QED) is 0.774. The number of amides is 1. The molecule has 27 heavy (non-hydrogen) atoms. The maximum Gasteiger partial charge on any atom is 0.260 e. The summed E-state index contributed by atoms with van der Waals surface area (Å²) < 4.78 is 37.8. The Morgan fingerprint density at radius 2 is 1.81 bits per heavy atom. The van der Waals surface area contributed by atoms with Crippen molar-refractivity contribution in [2.24, 2.45) is 0 Å². The van der Waals surface area contributed by atoms with E-state index in [0.717, 1.165) is 12.1 Å². The van der Waals surface area contributed by atoms with Crippen LogP contribution < -0.4 is 4.74 Å². The predicted molar refractivity (Wildman–Crippen MR) is 98.9 cm³/mol. The Morgan fingerprint density at radius 3 is 2.48 bits per heavy atom. The van der Waals surface area contributed by atoms with Gasteiger partial charge < -0.3 is 14.4 Å². The molecule has 0 radical (unpaired) electrons. The molecule has 1 fully saturated rings. The zero-order valence-corrected chi connectivity index (χ0v) is 15.8. The van der Waals surface area contributed by atoms with Gasteiger partial charge in [0.2, 0.25) is 0 Å². The molecule has 2 aromatic rings. The molecule has 0 spiro atoms. The minimum absolute atomic E-state index is 0.0242. The summed E-state index contributed by atoms with van der Waals surface area (Å²) in [5.74, 6) is -1.63. The second-order valence-corrected chi connectivity index (χ2v) is 7.09. The van der Waals surface area contributed by atoms with Gasteiger partial charge in [0.25, 0.3) is 5.91 Å². The van der Waals surface area contributed by atoms with Gasteiger partial charge in [-0.1, -0.05) is 17.7 Å². The van der Waals surface area contributed by atoms with Crippen LogP contribution in [-0.4, -0.2) is 42.7 Å². The molecular weight excluding hydrogens is 376 g/mol. The third kappa shape index (κ3) is 4.96. The molecule has 4 nitrogen and oxygen atoms in total. The van der Waals surface area contributed by atoms with Gasteiger partial charge in [-0.05, 0) is 55.3 Å². The molecule has 0 aliphatic carbocycles. The van der Waals surface area contributed by atoms with Gasteiger partial charge in [-0.25, -0.2) is 8.78 Å². The first kappa shape index (κ1) is 19.6. The lowest BCUT2D eigenvalue weighted by Crippen LogP contribution is -2.49. The lowest BCUT2D eigenvalue weighted by atomic mass is 10.1. The molecule has 1 saturated heterocycles. The molecule has 144 valence electrons. The Bertz CT molecular complexity index is 836. The fraction of sp³-hybridized carbons (Fsp3) is 0.350. The lowest BCUT2D eigenvalue weighted by Gasteiger charge is -2.35. The zero-order chi connectivity index (χ0) is 19.6. The summed E-state index contributed by atoms with van der Waals surface area (Å²) in [6, 6.07) is 8.42. The van der Waals surface area contributed by atoms with Crippen LogP contribution in [0.1, 0.15) is 13.8 Å². The van der Waals surface area contributed by atoms with Crippen molar-refractivity contribution in [1.29, 1.82) is 0 Å². The molecule has 0 saturated carbocycles. The minimum Gasteiger partial charge on any atom is -0.484 e. The van der Waals surface area contributed by atoms with E-state index in [-0.39, 0.29) is 24.7 Å². The van der Waals surface area contributed by atoms with Crippen LogP contribution in [-0.2, 0) is 9.53 Å². The topological polar surface area (TPSA) is 38.8 Å². The molecule has 0 unspecified atom stereocenters. The van der Waals surface area contributed by atoms with Crippen LogP contribution in [0.15, 0.2) is 36.4 Å². The Hall–Kier alpha value is -2.18. The highest BCUT2D eigenvalue weighted by Gasteiger charge is 2.26. The van der Waals surface area contributed by atoms with E-state index < -0.39 is 11.6 Å². The molecule has 2 aromatic carbocycles. The summed E-state index contributed by atoms with van der Waals surface area (Å²) in [5.41, 5.74) is 1.03. The van der Waals surface area contributed by atoms with E-state index in [1.807, 2.05) is 13.8 Å². The number of rotatable bonds is 4. The zero-order valence-electron chi connectivity index (χ0n) is 15.0. The highest BCUT2D eigenvalue weighted by molar-refractivity contribution is 6.31. The molecule has 1 heterocycles. The molecule has 7 heteroatoms. The van der Waals surface area contributed by atoms with Gasteiger partial charge in [0.05, 0.1) is 12.2 Å². The summed E-state index contributed by atoms with van der Waals surface area (Å²) >= 11 is 6.11. The van der Waals surface area contributed by atoms with Crippen molar-refractivity contribution in [1.82, 2.24) is 4.90 Å². The van der Waals surface area contributed by atoms with Crippen molar-refractivity contribution in [3.63, 3.8) is 0 Å². The first-order valence-corrected chi connectivity index (χ1v) is 9.01. The van der Waals surface area contributed by atoms with Gasteiger partial charge >= 0.3 is 0 Å². The summed E-state index contributed by atoms with van der Waals surface area (Å²) in [7, 11) is 0. The first-order valence-electron chi connectivity index (χ1n) is 8.64. The number of carbonyl (C=O) groups is 1. The number of hydrogen-bond donors (Lipinski definition) is 0. The van der Waals surface area contributed by atoms with Gasteiger partial charge in [-0.3, -0.25) is 4.79 Å². The number of hydrogen-bond acceptors (Lipinski definition) is 3. The van der Waals surface area contributed by atoms with E-state index in [0.29, 0.717) is 35.0 Å². The summed E-state index contributed by atoms with van der Waals surface area (Å²) in [5, 5.41) is 0.369. The van der Waals surface area contributed by atoms with Crippen LogP contribution in [0.3, 0.4) is 0 Å². The first-order chi connectivity index (χ1) is 12.8. The van der Waals surface area contributed by atoms with Crippen molar-refractivity contribution < 1.29 is 23.0 Å². The number of ether oxygens (including phenoxy) is 2. The summed E-state index contributed by atoms with van der Waals surface area (Å²) in [6.45, 7) is 4.73. The molecule has 1 aliphatic heterocycles. The minimum atomic E-state index is -0.944. The Balaban J connectivity index is 1.71. The van der Waals surface area contributed by atoms with Gasteiger partial charge in [0, 0.05) is 18.1 Å². The van der Waals surface area contributed by atoms with E-state index in [1.165, 1.54) is 6.07 Å². The normalized spacial score (nSPS) is 19.8. The largest absolute Gasteiger partial charge is 0.484 e. The van der Waals surface area contributed by atoms with E-state index in [9.17, 15) is 13.6 Å². The van der Waals surface area contributed by atoms with Crippen molar-refractivity contribution in [3.8, 4) is 16.9 Å². The van der Waals surface area contributed by atoms with E-state index in [1.54, 1.807) is 23.1 Å². The maximum atomic E-state index is 13.5. The van der Waals surface area contributed by atoms with Crippen molar-refractivity contribution in [3.05, 3.63) is 53.1 Å². The summed E-state index contributed by atoms with van der Waals surface area (Å²) in [6.07, 6.45) is -0.0484. The molecule has 0 N–H and O–H groups in total. The Kier molecular flexibility index (Phi) is 5.97. The van der Waals surface area contributed by atoms with Crippen LogP contribution in [0.4, 0.5) is 8.78 Å². The highest BCUT2D eigenvalue weighted by Crippen LogP contribution is 2.29. The number of nitrogens with zero attached hydrogens (tertiary/aromatic N) is 1. The molecule has 2 atom stereocenters. The van der Waals surface area contributed by atoms with Gasteiger partial charge in [0.1, 0.15) is 5.75 Å². The molecule has 0 bridgehead atoms. The van der Waals surface area contributed by atoms with Gasteiger partial charge in [-0.2, -0.15) is 0 Å². The van der Waals surface area contributed by atoms with E-state index in [4.69, 9.17) is 21.1 Å². The van der Waals surface area contributed by atoms with Crippen LogP contribution in [0.25, 0.3) is 11.1 Å². The second-order valence-electron chi connectivity index (χ2n) is 6.65. The Morgan fingerprint density at radius 1 is 1.11 bits per heavy atom. The van der Waals surface area contributed by atoms with Crippen molar-refractivity contribution in [2.45, 2.75) is 26.1 Å². The smallest absolute Gasteiger partial charge is 0.260 e. The summed E-state index contributed by atoms with van der Waals surface area (Å²) in [4.78, 5) is 14.1. The SMILES string of the molecule is C[C@@H]1CN(C(=O)COc2cc(Cl)cc(-c3ccc(F)c(F)c3)c2)C[C@H](C)O1. The lowest BCUT2D eigenvalue weighted by molar-refractivity contribution is -0.145.